The summed E-state index contributed by atoms with van der Waals surface area (Å²) in [6, 6.07) is 8.34. The summed E-state index contributed by atoms with van der Waals surface area (Å²) < 4.78 is 5.65. The molecule has 0 aromatic heterocycles. The normalized spacial score (nSPS) is 18.1. The molecule has 0 aliphatic carbocycles. The third-order valence-electron chi connectivity index (χ3n) is 3.77. The van der Waals surface area contributed by atoms with Gasteiger partial charge >= 0.3 is 0 Å². The van der Waals surface area contributed by atoms with Gasteiger partial charge in [0, 0.05) is 13.1 Å². The van der Waals surface area contributed by atoms with Crippen molar-refractivity contribution in [2.45, 2.75) is 38.8 Å². The molecular weight excluding hydrogens is 252 g/mol. The van der Waals surface area contributed by atoms with Crippen LogP contribution in [0.4, 0.5) is 0 Å². The van der Waals surface area contributed by atoms with E-state index in [-0.39, 0.29) is 24.2 Å². The lowest BCUT2D eigenvalue weighted by Crippen LogP contribution is -2.59. The molecular formula is C16H24N2O2. The quantitative estimate of drug-likeness (QED) is 0.835. The van der Waals surface area contributed by atoms with Crippen molar-refractivity contribution in [2.75, 3.05) is 19.7 Å². The van der Waals surface area contributed by atoms with Gasteiger partial charge in [-0.1, -0.05) is 36.8 Å². The highest BCUT2D eigenvalue weighted by molar-refractivity contribution is 5.77. The largest absolute Gasteiger partial charge is 0.363 e. The number of hydrogen-bond donors (Lipinski definition) is 2. The predicted octanol–water partition coefficient (Wildman–Crippen LogP) is 1.94. The maximum atomic E-state index is 12.0. The summed E-state index contributed by atoms with van der Waals surface area (Å²) in [5, 5.41) is 6.19. The molecule has 0 radical (unpaired) electrons. The first-order valence-corrected chi connectivity index (χ1v) is 7.23. The summed E-state index contributed by atoms with van der Waals surface area (Å²) in [5.41, 5.74) is 2.19. The second-order valence-corrected chi connectivity index (χ2v) is 5.78. The van der Waals surface area contributed by atoms with Crippen LogP contribution in [-0.2, 0) is 9.53 Å². The van der Waals surface area contributed by atoms with Crippen LogP contribution in [0.2, 0.25) is 0 Å². The van der Waals surface area contributed by atoms with Crippen LogP contribution in [-0.4, -0.2) is 31.2 Å². The van der Waals surface area contributed by atoms with E-state index in [1.54, 1.807) is 0 Å². The van der Waals surface area contributed by atoms with E-state index in [9.17, 15) is 4.79 Å². The molecule has 1 atom stereocenters. The molecule has 0 bridgehead atoms. The molecule has 0 saturated carbocycles. The molecule has 1 aliphatic heterocycles. The van der Waals surface area contributed by atoms with Crippen molar-refractivity contribution >= 4 is 5.91 Å². The van der Waals surface area contributed by atoms with Crippen LogP contribution in [0.25, 0.3) is 0 Å². The number of hydrogen-bond acceptors (Lipinski definition) is 3. The fourth-order valence-corrected chi connectivity index (χ4v) is 2.27. The first-order chi connectivity index (χ1) is 9.52. The number of carbonyl (C=O) groups is 1. The molecule has 20 heavy (non-hydrogen) atoms. The van der Waals surface area contributed by atoms with Crippen molar-refractivity contribution in [3.05, 3.63) is 35.4 Å². The number of carbonyl (C=O) groups excluding carboxylic acids is 1. The summed E-state index contributed by atoms with van der Waals surface area (Å²) in [6.07, 6.45) is 0.869. The maximum Gasteiger partial charge on any atom is 0.246 e. The van der Waals surface area contributed by atoms with E-state index >= 15 is 0 Å². The van der Waals surface area contributed by atoms with E-state index in [0.717, 1.165) is 25.1 Å². The van der Waals surface area contributed by atoms with Crippen molar-refractivity contribution in [2.24, 2.45) is 0 Å². The van der Waals surface area contributed by atoms with Crippen LogP contribution < -0.4 is 10.6 Å². The second kappa shape index (κ2) is 6.37. The van der Waals surface area contributed by atoms with Crippen LogP contribution in [0.15, 0.2) is 24.3 Å². The fourth-order valence-electron chi connectivity index (χ4n) is 2.27. The van der Waals surface area contributed by atoms with Crippen LogP contribution in [0.5, 0.6) is 0 Å². The van der Waals surface area contributed by atoms with E-state index < -0.39 is 0 Å². The number of nitrogens with one attached hydrogen (secondary N) is 2. The van der Waals surface area contributed by atoms with Gasteiger partial charge in [0.05, 0.1) is 11.6 Å². The number of aryl methyl sites for hydroxylation is 1. The van der Waals surface area contributed by atoms with Crippen molar-refractivity contribution in [3.8, 4) is 0 Å². The Balaban J connectivity index is 1.85. The molecule has 1 aliphatic rings. The number of ether oxygens (including phenoxy) is 1. The summed E-state index contributed by atoms with van der Waals surface area (Å²) in [4.78, 5) is 12.0. The molecule has 1 aromatic carbocycles. The molecule has 110 valence electrons. The molecule has 4 nitrogen and oxygen atoms in total. The van der Waals surface area contributed by atoms with Gasteiger partial charge in [0.1, 0.15) is 6.61 Å². The van der Waals surface area contributed by atoms with Crippen molar-refractivity contribution in [1.29, 1.82) is 0 Å². The average Bonchev–Trinajstić information content (AvgIpc) is 2.41. The van der Waals surface area contributed by atoms with Gasteiger partial charge < -0.3 is 15.4 Å². The first-order valence-electron chi connectivity index (χ1n) is 7.23. The summed E-state index contributed by atoms with van der Waals surface area (Å²) >= 11 is 0. The van der Waals surface area contributed by atoms with Crippen molar-refractivity contribution < 1.29 is 9.53 Å². The van der Waals surface area contributed by atoms with E-state index in [4.69, 9.17) is 4.74 Å². The Kier molecular flexibility index (Phi) is 4.78. The molecule has 1 unspecified atom stereocenters. The topological polar surface area (TPSA) is 50.4 Å². The summed E-state index contributed by atoms with van der Waals surface area (Å²) in [5.74, 6) is -0.0504. The zero-order valence-electron chi connectivity index (χ0n) is 12.5. The summed E-state index contributed by atoms with van der Waals surface area (Å²) in [7, 11) is 0. The molecule has 2 rings (SSSR count). The van der Waals surface area contributed by atoms with Crippen molar-refractivity contribution in [1.82, 2.24) is 10.6 Å². The summed E-state index contributed by atoms with van der Waals surface area (Å²) in [6.45, 7) is 7.91. The van der Waals surface area contributed by atoms with Crippen LogP contribution >= 0.6 is 0 Å². The maximum absolute atomic E-state index is 12.0. The Hall–Kier alpha value is -1.39. The molecule has 2 N–H and O–H groups in total. The van der Waals surface area contributed by atoms with Gasteiger partial charge in [0.15, 0.2) is 0 Å². The van der Waals surface area contributed by atoms with E-state index in [0.29, 0.717) is 0 Å². The molecule has 1 aromatic rings. The Morgan fingerprint density at radius 1 is 1.40 bits per heavy atom. The third-order valence-corrected chi connectivity index (χ3v) is 3.77. The third kappa shape index (κ3) is 3.81. The molecule has 1 fully saturated rings. The standard InChI is InChI=1S/C16H24N2O2/c1-4-14(13-7-5-12(2)6-8-13)18-15(19)9-20-16(3)10-17-11-16/h5-8,14,17H,4,9-11H2,1-3H3,(H,18,19). The minimum Gasteiger partial charge on any atom is -0.363 e. The van der Waals surface area contributed by atoms with Gasteiger partial charge in [-0.05, 0) is 25.8 Å². The second-order valence-electron chi connectivity index (χ2n) is 5.78. The SMILES string of the molecule is CCC(NC(=O)COC1(C)CNC1)c1ccc(C)cc1. The van der Waals surface area contributed by atoms with Crippen LogP contribution in [0.1, 0.15) is 37.4 Å². The van der Waals surface area contributed by atoms with Crippen LogP contribution in [0.3, 0.4) is 0 Å². The van der Waals surface area contributed by atoms with Crippen molar-refractivity contribution in [3.63, 3.8) is 0 Å². The average molecular weight is 276 g/mol. The smallest absolute Gasteiger partial charge is 0.246 e. The predicted molar refractivity (Wildman–Crippen MR) is 79.6 cm³/mol. The highest BCUT2D eigenvalue weighted by Gasteiger charge is 2.33. The fraction of sp³-hybridized carbons (Fsp3) is 0.562. The lowest BCUT2D eigenvalue weighted by molar-refractivity contribution is -0.136. The minimum atomic E-state index is -0.178. The monoisotopic (exact) mass is 276 g/mol. The van der Waals surface area contributed by atoms with Gasteiger partial charge in [-0.15, -0.1) is 0 Å². The van der Waals surface area contributed by atoms with Crippen LogP contribution in [0, 0.1) is 6.92 Å². The lowest BCUT2D eigenvalue weighted by atomic mass is 10.0. The highest BCUT2D eigenvalue weighted by Crippen LogP contribution is 2.18. The molecule has 1 saturated heterocycles. The molecule has 4 heteroatoms. The Morgan fingerprint density at radius 2 is 2.05 bits per heavy atom. The minimum absolute atomic E-state index is 0.0504. The molecule has 1 amide bonds. The Labute approximate surface area is 120 Å². The number of benzene rings is 1. The molecule has 0 spiro atoms. The zero-order valence-corrected chi connectivity index (χ0v) is 12.5. The molecule has 1 heterocycles. The zero-order chi connectivity index (χ0) is 14.6. The lowest BCUT2D eigenvalue weighted by Gasteiger charge is -2.38. The number of amides is 1. The van der Waals surface area contributed by atoms with Gasteiger partial charge in [0.2, 0.25) is 5.91 Å². The van der Waals surface area contributed by atoms with Gasteiger partial charge in [-0.25, -0.2) is 0 Å². The van der Waals surface area contributed by atoms with E-state index in [2.05, 4.69) is 48.7 Å². The van der Waals surface area contributed by atoms with E-state index in [1.165, 1.54) is 5.56 Å². The van der Waals surface area contributed by atoms with Gasteiger partial charge in [-0.2, -0.15) is 0 Å². The first kappa shape index (κ1) is 15.0. The number of rotatable bonds is 6. The Morgan fingerprint density at radius 3 is 2.55 bits per heavy atom. The Bertz CT molecular complexity index is 452. The highest BCUT2D eigenvalue weighted by atomic mass is 16.5. The van der Waals surface area contributed by atoms with Gasteiger partial charge in [-0.3, -0.25) is 4.79 Å². The van der Waals surface area contributed by atoms with E-state index in [1.807, 2.05) is 6.92 Å². The van der Waals surface area contributed by atoms with Gasteiger partial charge in [0.25, 0.3) is 0 Å².